The third kappa shape index (κ3) is 5.12. The van der Waals surface area contributed by atoms with E-state index in [9.17, 15) is 0 Å². The van der Waals surface area contributed by atoms with Gasteiger partial charge in [0.25, 0.3) is 0 Å². The maximum Gasteiger partial charge on any atom is 0.0547 e. The maximum atomic E-state index is 2.42. The molecule has 10 aromatic rings. The van der Waals surface area contributed by atoms with Crippen LogP contribution in [0.5, 0.6) is 0 Å². The molecule has 0 saturated carbocycles. The van der Waals surface area contributed by atoms with Crippen molar-refractivity contribution in [1.82, 2.24) is 4.57 Å². The molecule has 0 radical (unpaired) electrons. The Balaban J connectivity index is 1.08. The fourth-order valence-electron chi connectivity index (χ4n) is 7.86. The van der Waals surface area contributed by atoms with Crippen LogP contribution in [-0.2, 0) is 0 Å². The maximum absolute atomic E-state index is 2.42. The standard InChI is InChI=1S/C50H34N2/c1-3-11-35(12-4-1)37-25-29-43(30-26-37)51(44-31-27-38(28-32-44)36-13-5-2-6-14-36)45-19-7-17-41(33-45)42-18-8-20-46(34-42)52-47-21-9-15-39-23-24-40-16-10-22-48(52)50(40)49(39)47/h1-34H. The van der Waals surface area contributed by atoms with Gasteiger partial charge >= 0.3 is 0 Å². The average Bonchev–Trinajstić information content (AvgIpc) is 3.57. The molecule has 2 heteroatoms. The number of benzene rings is 9. The first-order valence-corrected chi connectivity index (χ1v) is 17.8. The van der Waals surface area contributed by atoms with Gasteiger partial charge in [-0.1, -0.05) is 146 Å². The lowest BCUT2D eigenvalue weighted by atomic mass is 10.0. The monoisotopic (exact) mass is 662 g/mol. The molecule has 0 bridgehead atoms. The molecule has 0 spiro atoms. The van der Waals surface area contributed by atoms with Gasteiger partial charge in [-0.05, 0) is 105 Å². The van der Waals surface area contributed by atoms with Crippen molar-refractivity contribution in [3.05, 3.63) is 206 Å². The first-order chi connectivity index (χ1) is 25.8. The Morgan fingerprint density at radius 3 is 1.27 bits per heavy atom. The van der Waals surface area contributed by atoms with Crippen molar-refractivity contribution >= 4 is 49.6 Å². The summed E-state index contributed by atoms with van der Waals surface area (Å²) in [4.78, 5) is 2.36. The molecule has 52 heavy (non-hydrogen) atoms. The van der Waals surface area contributed by atoms with Gasteiger partial charge in [0.15, 0.2) is 0 Å². The van der Waals surface area contributed by atoms with E-state index in [-0.39, 0.29) is 0 Å². The second-order valence-corrected chi connectivity index (χ2v) is 13.4. The van der Waals surface area contributed by atoms with Gasteiger partial charge < -0.3 is 9.47 Å². The third-order valence-electron chi connectivity index (χ3n) is 10.3. The summed E-state index contributed by atoms with van der Waals surface area (Å²) in [6, 6.07) is 74.6. The summed E-state index contributed by atoms with van der Waals surface area (Å²) in [5.41, 5.74) is 14.1. The number of anilines is 3. The Bertz CT molecular complexity index is 2660. The van der Waals surface area contributed by atoms with E-state index in [0.717, 1.165) is 22.7 Å². The van der Waals surface area contributed by atoms with E-state index in [4.69, 9.17) is 0 Å². The van der Waals surface area contributed by atoms with Gasteiger partial charge in [-0.3, -0.25) is 0 Å². The van der Waals surface area contributed by atoms with Crippen LogP contribution < -0.4 is 4.90 Å². The van der Waals surface area contributed by atoms with E-state index in [1.807, 2.05) is 0 Å². The highest BCUT2D eigenvalue weighted by molar-refractivity contribution is 6.24. The molecule has 0 unspecified atom stereocenters. The molecule has 0 fully saturated rings. The molecule has 0 aliphatic rings. The number of aromatic nitrogens is 1. The first-order valence-electron chi connectivity index (χ1n) is 17.8. The van der Waals surface area contributed by atoms with Crippen molar-refractivity contribution < 1.29 is 0 Å². The van der Waals surface area contributed by atoms with Gasteiger partial charge in [0.1, 0.15) is 0 Å². The summed E-state index contributed by atoms with van der Waals surface area (Å²) in [7, 11) is 0. The smallest absolute Gasteiger partial charge is 0.0547 e. The molecule has 1 aromatic heterocycles. The highest BCUT2D eigenvalue weighted by atomic mass is 15.1. The van der Waals surface area contributed by atoms with Gasteiger partial charge in [-0.2, -0.15) is 0 Å². The van der Waals surface area contributed by atoms with Crippen LogP contribution >= 0.6 is 0 Å². The number of nitrogens with zero attached hydrogens (tertiary/aromatic N) is 2. The van der Waals surface area contributed by atoms with Crippen molar-refractivity contribution in [2.75, 3.05) is 4.90 Å². The Hall–Kier alpha value is -6.90. The zero-order valence-corrected chi connectivity index (χ0v) is 28.5. The fraction of sp³-hybridized carbons (Fsp3) is 0. The van der Waals surface area contributed by atoms with Gasteiger partial charge in [-0.15, -0.1) is 0 Å². The van der Waals surface area contributed by atoms with Gasteiger partial charge in [-0.25, -0.2) is 0 Å². The minimum atomic E-state index is 1.10. The molecule has 9 aromatic carbocycles. The van der Waals surface area contributed by atoms with E-state index in [2.05, 4.69) is 216 Å². The Morgan fingerprint density at radius 2 is 0.731 bits per heavy atom. The molecular weight excluding hydrogens is 629 g/mol. The van der Waals surface area contributed by atoms with Gasteiger partial charge in [0, 0.05) is 33.5 Å². The molecule has 244 valence electrons. The fourth-order valence-corrected chi connectivity index (χ4v) is 7.86. The highest BCUT2D eigenvalue weighted by Crippen LogP contribution is 2.41. The van der Waals surface area contributed by atoms with Crippen LogP contribution in [0.15, 0.2) is 206 Å². The van der Waals surface area contributed by atoms with E-state index < -0.39 is 0 Å². The average molecular weight is 663 g/mol. The van der Waals surface area contributed by atoms with Gasteiger partial charge in [0.05, 0.1) is 11.0 Å². The van der Waals surface area contributed by atoms with Crippen LogP contribution in [0.4, 0.5) is 17.1 Å². The molecule has 0 N–H and O–H groups in total. The normalized spacial score (nSPS) is 11.5. The lowest BCUT2D eigenvalue weighted by Gasteiger charge is -2.26. The Labute approximate surface area is 303 Å². The van der Waals surface area contributed by atoms with Crippen LogP contribution in [0.3, 0.4) is 0 Å². The lowest BCUT2D eigenvalue weighted by molar-refractivity contribution is 1.18. The lowest BCUT2D eigenvalue weighted by Crippen LogP contribution is -2.10. The van der Waals surface area contributed by atoms with Crippen LogP contribution in [0.25, 0.3) is 71.6 Å². The molecule has 2 nitrogen and oxygen atoms in total. The van der Waals surface area contributed by atoms with Crippen molar-refractivity contribution in [2.24, 2.45) is 0 Å². The van der Waals surface area contributed by atoms with Crippen LogP contribution in [0.2, 0.25) is 0 Å². The van der Waals surface area contributed by atoms with Crippen LogP contribution in [0.1, 0.15) is 0 Å². The predicted octanol–water partition coefficient (Wildman–Crippen LogP) is 13.8. The third-order valence-corrected chi connectivity index (χ3v) is 10.3. The topological polar surface area (TPSA) is 8.17 Å². The number of hydrogen-bond donors (Lipinski definition) is 0. The minimum Gasteiger partial charge on any atom is -0.310 e. The number of hydrogen-bond acceptors (Lipinski definition) is 1. The summed E-state index contributed by atoms with van der Waals surface area (Å²) < 4.78 is 2.42. The molecule has 0 aliphatic carbocycles. The van der Waals surface area contributed by atoms with E-state index in [1.165, 1.54) is 66.0 Å². The second kappa shape index (κ2) is 12.5. The van der Waals surface area contributed by atoms with Gasteiger partial charge in [0.2, 0.25) is 0 Å². The second-order valence-electron chi connectivity index (χ2n) is 13.4. The highest BCUT2D eigenvalue weighted by Gasteiger charge is 2.18. The molecule has 0 saturated heterocycles. The quantitative estimate of drug-likeness (QED) is 0.154. The van der Waals surface area contributed by atoms with Crippen molar-refractivity contribution in [1.29, 1.82) is 0 Å². The SMILES string of the molecule is c1ccc(-c2ccc(N(c3ccc(-c4ccccc4)cc3)c3cccc(-c4cccc(-n5c6cccc7ccc8cccc5c8c76)c4)c3)cc2)cc1. The summed E-state index contributed by atoms with van der Waals surface area (Å²) in [5.74, 6) is 0. The van der Waals surface area contributed by atoms with E-state index in [1.54, 1.807) is 0 Å². The Morgan fingerprint density at radius 1 is 0.288 bits per heavy atom. The zero-order valence-electron chi connectivity index (χ0n) is 28.5. The van der Waals surface area contributed by atoms with E-state index >= 15 is 0 Å². The first kappa shape index (κ1) is 30.0. The Kier molecular flexibility index (Phi) is 7.18. The van der Waals surface area contributed by atoms with Crippen molar-refractivity contribution in [3.63, 3.8) is 0 Å². The molecule has 1 heterocycles. The van der Waals surface area contributed by atoms with E-state index in [0.29, 0.717) is 0 Å². The largest absolute Gasteiger partial charge is 0.310 e. The van der Waals surface area contributed by atoms with Crippen LogP contribution in [-0.4, -0.2) is 4.57 Å². The predicted molar refractivity (Wildman–Crippen MR) is 220 cm³/mol. The molecule has 0 atom stereocenters. The molecule has 0 aliphatic heterocycles. The summed E-state index contributed by atoms with van der Waals surface area (Å²) in [5, 5.41) is 5.21. The molecular formula is C50H34N2. The number of rotatable bonds is 7. The zero-order chi connectivity index (χ0) is 34.4. The van der Waals surface area contributed by atoms with Crippen molar-refractivity contribution in [3.8, 4) is 39.1 Å². The molecule has 0 amide bonds. The van der Waals surface area contributed by atoms with Crippen molar-refractivity contribution in [2.45, 2.75) is 0 Å². The summed E-state index contributed by atoms with van der Waals surface area (Å²) in [6.07, 6.45) is 0. The minimum absolute atomic E-state index is 1.10. The summed E-state index contributed by atoms with van der Waals surface area (Å²) >= 11 is 0. The summed E-state index contributed by atoms with van der Waals surface area (Å²) in [6.45, 7) is 0. The van der Waals surface area contributed by atoms with Crippen LogP contribution in [0, 0.1) is 0 Å². The molecule has 10 rings (SSSR count).